The first-order chi connectivity index (χ1) is 18.5. The number of likely N-dealkylation sites (tertiary alicyclic amines) is 1. The highest BCUT2D eigenvalue weighted by Gasteiger charge is 2.38. The number of aromatic nitrogens is 1. The van der Waals surface area contributed by atoms with E-state index >= 15 is 0 Å². The van der Waals surface area contributed by atoms with Crippen LogP contribution in [0.4, 0.5) is 0 Å². The highest BCUT2D eigenvalue weighted by atomic mass is 16.7. The van der Waals surface area contributed by atoms with E-state index in [4.69, 9.17) is 9.47 Å². The molecule has 0 radical (unpaired) electrons. The van der Waals surface area contributed by atoms with Gasteiger partial charge in [0.1, 0.15) is 6.04 Å². The molecule has 2 aromatic carbocycles. The maximum Gasteiger partial charge on any atom is 0.250 e. The zero-order valence-corrected chi connectivity index (χ0v) is 20.9. The topological polar surface area (TPSA) is 89.9 Å². The summed E-state index contributed by atoms with van der Waals surface area (Å²) in [4.78, 5) is 41.1. The Labute approximate surface area is 220 Å². The number of hydrogen-bond acceptors (Lipinski definition) is 5. The zero-order valence-electron chi connectivity index (χ0n) is 20.9. The molecule has 3 atom stereocenters. The number of fused-ring (bicyclic) bond motifs is 5. The van der Waals surface area contributed by atoms with Gasteiger partial charge >= 0.3 is 0 Å². The molecular weight excluding hydrogens is 482 g/mol. The fourth-order valence-corrected chi connectivity index (χ4v) is 5.76. The summed E-state index contributed by atoms with van der Waals surface area (Å²) in [5.74, 6) is 1.21. The predicted octanol–water partition coefficient (Wildman–Crippen LogP) is 2.96. The van der Waals surface area contributed by atoms with Crippen LogP contribution in [0.3, 0.4) is 0 Å². The third-order valence-electron chi connectivity index (χ3n) is 7.51. The number of nitrogens with one attached hydrogen (secondary N) is 1. The summed E-state index contributed by atoms with van der Waals surface area (Å²) in [6, 6.07) is 19.8. The van der Waals surface area contributed by atoms with Gasteiger partial charge in [0, 0.05) is 49.8 Å². The molecule has 3 aromatic rings. The lowest BCUT2D eigenvalue weighted by molar-refractivity contribution is -0.138. The van der Waals surface area contributed by atoms with Crippen molar-refractivity contribution < 1.29 is 19.1 Å². The fraction of sp³-hybridized carbons (Fsp3) is 0.300. The van der Waals surface area contributed by atoms with Gasteiger partial charge in [-0.15, -0.1) is 0 Å². The lowest BCUT2D eigenvalue weighted by Gasteiger charge is -2.43. The molecule has 1 fully saturated rings. The SMILES string of the molecule is O=C(/C=C/c1ccc2c(c1)OCO2)N[C@@H](Cc1ccccc1)C(=O)N1C[C@H]2C[C@H](C1)c1cccc(=O)n1C2. The van der Waals surface area contributed by atoms with Crippen LogP contribution in [-0.4, -0.2) is 47.2 Å². The molecule has 1 aromatic heterocycles. The van der Waals surface area contributed by atoms with E-state index in [1.807, 2.05) is 58.0 Å². The van der Waals surface area contributed by atoms with Gasteiger partial charge in [-0.2, -0.15) is 0 Å². The van der Waals surface area contributed by atoms with Crippen LogP contribution in [-0.2, 0) is 22.6 Å². The minimum atomic E-state index is -0.705. The van der Waals surface area contributed by atoms with Crippen LogP contribution >= 0.6 is 0 Å². The summed E-state index contributed by atoms with van der Waals surface area (Å²) < 4.78 is 12.6. The standard InChI is InChI=1S/C30H29N3O5/c34-28(12-10-21-9-11-26-27(15-21)38-19-37-26)31-24(14-20-5-2-1-3-6-20)30(36)32-16-22-13-23(18-32)25-7-4-8-29(35)33(25)17-22/h1-12,15,22-24H,13-14,16-19H2,(H,31,34)/b12-10+/t22-,23-,24+/m1/s1. The molecule has 0 saturated carbocycles. The number of rotatable bonds is 6. The van der Waals surface area contributed by atoms with E-state index in [1.54, 1.807) is 24.3 Å². The van der Waals surface area contributed by atoms with E-state index in [2.05, 4.69) is 5.32 Å². The predicted molar refractivity (Wildman–Crippen MR) is 142 cm³/mol. The number of amides is 2. The van der Waals surface area contributed by atoms with Crippen LogP contribution in [0, 0.1) is 5.92 Å². The van der Waals surface area contributed by atoms with E-state index in [1.165, 1.54) is 6.08 Å². The molecule has 4 heterocycles. The summed E-state index contributed by atoms with van der Waals surface area (Å²) in [5, 5.41) is 2.95. The minimum Gasteiger partial charge on any atom is -0.454 e. The van der Waals surface area contributed by atoms with Crippen molar-refractivity contribution in [1.29, 1.82) is 0 Å². The number of pyridine rings is 1. The van der Waals surface area contributed by atoms with Crippen molar-refractivity contribution in [2.24, 2.45) is 5.92 Å². The van der Waals surface area contributed by atoms with Crippen LogP contribution in [0.5, 0.6) is 11.5 Å². The van der Waals surface area contributed by atoms with Crippen LogP contribution in [0.15, 0.2) is 77.6 Å². The van der Waals surface area contributed by atoms with Gasteiger partial charge in [-0.3, -0.25) is 14.4 Å². The number of ether oxygens (including phenoxy) is 2. The van der Waals surface area contributed by atoms with Crippen LogP contribution < -0.4 is 20.3 Å². The smallest absolute Gasteiger partial charge is 0.250 e. The molecule has 8 heteroatoms. The van der Waals surface area contributed by atoms with Gasteiger partial charge in [-0.05, 0) is 47.7 Å². The minimum absolute atomic E-state index is 0.0143. The summed E-state index contributed by atoms with van der Waals surface area (Å²) in [5.41, 5.74) is 2.77. The van der Waals surface area contributed by atoms with Gasteiger partial charge in [0.05, 0.1) is 0 Å². The molecule has 38 heavy (non-hydrogen) atoms. The van der Waals surface area contributed by atoms with E-state index in [9.17, 15) is 14.4 Å². The number of nitrogens with zero attached hydrogens (tertiary/aromatic N) is 2. The molecule has 2 bridgehead atoms. The molecule has 8 nitrogen and oxygen atoms in total. The first-order valence-corrected chi connectivity index (χ1v) is 12.9. The maximum atomic E-state index is 13.8. The van der Waals surface area contributed by atoms with Gasteiger partial charge < -0.3 is 24.3 Å². The molecule has 3 aliphatic heterocycles. The fourth-order valence-electron chi connectivity index (χ4n) is 5.76. The second kappa shape index (κ2) is 10.2. The molecule has 0 aliphatic carbocycles. The average molecular weight is 512 g/mol. The van der Waals surface area contributed by atoms with E-state index < -0.39 is 6.04 Å². The summed E-state index contributed by atoms with van der Waals surface area (Å²) >= 11 is 0. The molecule has 3 aliphatic rings. The number of carbonyl (C=O) groups is 2. The van der Waals surface area contributed by atoms with Crippen molar-refractivity contribution in [3.05, 3.63) is 100.0 Å². The van der Waals surface area contributed by atoms with Crippen molar-refractivity contribution in [2.75, 3.05) is 19.9 Å². The Morgan fingerprint density at radius 1 is 0.974 bits per heavy atom. The molecule has 2 amide bonds. The highest BCUT2D eigenvalue weighted by Crippen LogP contribution is 2.35. The van der Waals surface area contributed by atoms with Crippen molar-refractivity contribution in [3.8, 4) is 11.5 Å². The number of carbonyl (C=O) groups excluding carboxylic acids is 2. The maximum absolute atomic E-state index is 13.8. The van der Waals surface area contributed by atoms with Crippen LogP contribution in [0.2, 0.25) is 0 Å². The normalized spacial score (nSPS) is 20.2. The molecule has 1 saturated heterocycles. The lowest BCUT2D eigenvalue weighted by Crippen LogP contribution is -2.55. The van der Waals surface area contributed by atoms with Gasteiger partial charge in [0.25, 0.3) is 5.56 Å². The van der Waals surface area contributed by atoms with E-state index in [0.29, 0.717) is 37.6 Å². The van der Waals surface area contributed by atoms with Crippen molar-refractivity contribution in [1.82, 2.24) is 14.8 Å². The van der Waals surface area contributed by atoms with Gasteiger partial charge in [-0.25, -0.2) is 0 Å². The Kier molecular flexibility index (Phi) is 6.45. The molecule has 0 spiro atoms. The lowest BCUT2D eigenvalue weighted by atomic mass is 9.83. The third-order valence-corrected chi connectivity index (χ3v) is 7.51. The molecule has 194 valence electrons. The molecule has 0 unspecified atom stereocenters. The Morgan fingerprint density at radius 2 is 1.82 bits per heavy atom. The van der Waals surface area contributed by atoms with Gasteiger partial charge in [-0.1, -0.05) is 42.5 Å². The van der Waals surface area contributed by atoms with Crippen LogP contribution in [0.25, 0.3) is 6.08 Å². The second-order valence-corrected chi connectivity index (χ2v) is 10.1. The summed E-state index contributed by atoms with van der Waals surface area (Å²) in [7, 11) is 0. The van der Waals surface area contributed by atoms with Gasteiger partial charge in [0.2, 0.25) is 18.6 Å². The second-order valence-electron chi connectivity index (χ2n) is 10.1. The Hall–Kier alpha value is -4.33. The summed E-state index contributed by atoms with van der Waals surface area (Å²) in [6.07, 6.45) is 4.49. The Balaban J connectivity index is 1.19. The quantitative estimate of drug-likeness (QED) is 0.514. The third kappa shape index (κ3) is 4.94. The zero-order chi connectivity index (χ0) is 26.1. The Bertz CT molecular complexity index is 1450. The van der Waals surface area contributed by atoms with Crippen molar-refractivity contribution in [3.63, 3.8) is 0 Å². The monoisotopic (exact) mass is 511 g/mol. The van der Waals surface area contributed by atoms with E-state index in [0.717, 1.165) is 23.2 Å². The van der Waals surface area contributed by atoms with E-state index in [-0.39, 0.29) is 36.0 Å². The Morgan fingerprint density at radius 3 is 2.68 bits per heavy atom. The molecule has 6 rings (SSSR count). The number of piperidine rings is 1. The highest BCUT2D eigenvalue weighted by molar-refractivity contribution is 5.95. The van der Waals surface area contributed by atoms with Crippen LogP contribution in [0.1, 0.15) is 29.2 Å². The average Bonchev–Trinajstić information content (AvgIpc) is 3.40. The first kappa shape index (κ1) is 24.0. The summed E-state index contributed by atoms with van der Waals surface area (Å²) in [6.45, 7) is 1.91. The largest absolute Gasteiger partial charge is 0.454 e. The number of benzene rings is 2. The van der Waals surface area contributed by atoms with Crippen molar-refractivity contribution in [2.45, 2.75) is 31.3 Å². The van der Waals surface area contributed by atoms with Gasteiger partial charge in [0.15, 0.2) is 11.5 Å². The van der Waals surface area contributed by atoms with Crippen molar-refractivity contribution >= 4 is 17.9 Å². The molecule has 1 N–H and O–H groups in total. The molecular formula is C30H29N3O5. The number of hydrogen-bond donors (Lipinski definition) is 1. The first-order valence-electron chi connectivity index (χ1n) is 12.9.